The topological polar surface area (TPSA) is 76.4 Å². The SMILES string of the molecule is COc1ccc(C(=O)Nc2cnn(C(C)C)c2)c(O)c1. The van der Waals surface area contributed by atoms with Crippen molar-refractivity contribution in [2.45, 2.75) is 19.9 Å². The van der Waals surface area contributed by atoms with E-state index in [2.05, 4.69) is 10.4 Å². The Bertz CT molecular complexity index is 620. The van der Waals surface area contributed by atoms with Gasteiger partial charge in [0.1, 0.15) is 11.5 Å². The zero-order valence-corrected chi connectivity index (χ0v) is 11.6. The molecule has 20 heavy (non-hydrogen) atoms. The van der Waals surface area contributed by atoms with Crippen molar-refractivity contribution in [2.24, 2.45) is 0 Å². The fraction of sp³-hybridized carbons (Fsp3) is 0.286. The molecule has 0 spiro atoms. The predicted octanol–water partition coefficient (Wildman–Crippen LogP) is 2.43. The Morgan fingerprint density at radius 3 is 2.75 bits per heavy atom. The maximum Gasteiger partial charge on any atom is 0.259 e. The first-order chi connectivity index (χ1) is 9.51. The molecule has 2 N–H and O–H groups in total. The number of methoxy groups -OCH3 is 1. The molecule has 6 nitrogen and oxygen atoms in total. The molecule has 1 amide bonds. The molecule has 1 heterocycles. The third-order valence-electron chi connectivity index (χ3n) is 2.84. The lowest BCUT2D eigenvalue weighted by Crippen LogP contribution is -2.11. The van der Waals surface area contributed by atoms with Gasteiger partial charge in [-0.1, -0.05) is 0 Å². The number of nitrogens with one attached hydrogen (secondary N) is 1. The number of hydrogen-bond donors (Lipinski definition) is 2. The van der Waals surface area contributed by atoms with Gasteiger partial charge in [-0.05, 0) is 26.0 Å². The summed E-state index contributed by atoms with van der Waals surface area (Å²) in [4.78, 5) is 12.1. The van der Waals surface area contributed by atoms with Gasteiger partial charge in [0.25, 0.3) is 5.91 Å². The van der Waals surface area contributed by atoms with Crippen LogP contribution < -0.4 is 10.1 Å². The minimum Gasteiger partial charge on any atom is -0.507 e. The van der Waals surface area contributed by atoms with Crippen LogP contribution in [0, 0.1) is 0 Å². The summed E-state index contributed by atoms with van der Waals surface area (Å²) in [7, 11) is 1.49. The van der Waals surface area contributed by atoms with Gasteiger partial charge in [0.2, 0.25) is 0 Å². The molecular weight excluding hydrogens is 258 g/mol. The fourth-order valence-corrected chi connectivity index (χ4v) is 1.71. The number of phenolic OH excluding ortho intramolecular Hbond substituents is 1. The Morgan fingerprint density at radius 2 is 2.20 bits per heavy atom. The van der Waals surface area contributed by atoms with E-state index in [-0.39, 0.29) is 17.4 Å². The van der Waals surface area contributed by atoms with Gasteiger partial charge >= 0.3 is 0 Å². The second kappa shape index (κ2) is 5.64. The first-order valence-corrected chi connectivity index (χ1v) is 6.23. The Labute approximate surface area is 117 Å². The van der Waals surface area contributed by atoms with Gasteiger partial charge < -0.3 is 15.2 Å². The van der Waals surface area contributed by atoms with E-state index in [0.717, 1.165) is 0 Å². The van der Waals surface area contributed by atoms with Crippen LogP contribution in [0.5, 0.6) is 11.5 Å². The summed E-state index contributed by atoms with van der Waals surface area (Å²) in [5, 5.41) is 16.6. The Morgan fingerprint density at radius 1 is 1.45 bits per heavy atom. The van der Waals surface area contributed by atoms with Crippen molar-refractivity contribution < 1.29 is 14.6 Å². The van der Waals surface area contributed by atoms with Crippen LogP contribution in [0.3, 0.4) is 0 Å². The summed E-state index contributed by atoms with van der Waals surface area (Å²) in [5.74, 6) is -0.0294. The summed E-state index contributed by atoms with van der Waals surface area (Å²) in [5.41, 5.74) is 0.766. The van der Waals surface area contributed by atoms with Crippen LogP contribution >= 0.6 is 0 Å². The number of carbonyl (C=O) groups is 1. The molecule has 0 atom stereocenters. The van der Waals surface area contributed by atoms with Crippen LogP contribution in [0.2, 0.25) is 0 Å². The van der Waals surface area contributed by atoms with E-state index in [1.165, 1.54) is 19.2 Å². The van der Waals surface area contributed by atoms with Crippen molar-refractivity contribution in [2.75, 3.05) is 12.4 Å². The van der Waals surface area contributed by atoms with Crippen molar-refractivity contribution in [1.29, 1.82) is 0 Å². The quantitative estimate of drug-likeness (QED) is 0.898. The molecule has 2 rings (SSSR count). The predicted molar refractivity (Wildman–Crippen MR) is 75.2 cm³/mol. The fourth-order valence-electron chi connectivity index (χ4n) is 1.71. The van der Waals surface area contributed by atoms with Gasteiger partial charge in [-0.2, -0.15) is 5.10 Å². The van der Waals surface area contributed by atoms with Gasteiger partial charge in [0.15, 0.2) is 0 Å². The van der Waals surface area contributed by atoms with Crippen molar-refractivity contribution in [3.8, 4) is 11.5 Å². The Kier molecular flexibility index (Phi) is 3.93. The molecular formula is C14H17N3O3. The zero-order chi connectivity index (χ0) is 14.7. The molecule has 6 heteroatoms. The van der Waals surface area contributed by atoms with Crippen LogP contribution in [-0.2, 0) is 0 Å². The number of phenols is 1. The molecule has 1 aromatic heterocycles. The molecule has 0 saturated heterocycles. The highest BCUT2D eigenvalue weighted by Gasteiger charge is 2.13. The van der Waals surface area contributed by atoms with E-state index in [0.29, 0.717) is 11.4 Å². The summed E-state index contributed by atoms with van der Waals surface area (Å²) < 4.78 is 6.71. The normalized spacial score (nSPS) is 10.6. The lowest BCUT2D eigenvalue weighted by molar-refractivity contribution is 0.102. The highest BCUT2D eigenvalue weighted by Crippen LogP contribution is 2.24. The summed E-state index contributed by atoms with van der Waals surface area (Å²) >= 11 is 0. The van der Waals surface area contributed by atoms with Crippen LogP contribution in [0.15, 0.2) is 30.6 Å². The van der Waals surface area contributed by atoms with E-state index < -0.39 is 5.91 Å². The van der Waals surface area contributed by atoms with Gasteiger partial charge in [-0.3, -0.25) is 9.48 Å². The zero-order valence-electron chi connectivity index (χ0n) is 11.6. The number of aromatic hydroxyl groups is 1. The van der Waals surface area contributed by atoms with Crippen LogP contribution in [0.1, 0.15) is 30.2 Å². The monoisotopic (exact) mass is 275 g/mol. The maximum absolute atomic E-state index is 12.1. The molecule has 2 aromatic rings. The van der Waals surface area contributed by atoms with Gasteiger partial charge in [-0.15, -0.1) is 0 Å². The van der Waals surface area contributed by atoms with Crippen LogP contribution in [-0.4, -0.2) is 27.9 Å². The van der Waals surface area contributed by atoms with E-state index in [1.807, 2.05) is 13.8 Å². The largest absolute Gasteiger partial charge is 0.507 e. The number of carbonyl (C=O) groups excluding carboxylic acids is 1. The minimum atomic E-state index is -0.395. The summed E-state index contributed by atoms with van der Waals surface area (Å²) in [6.45, 7) is 3.99. The third-order valence-corrected chi connectivity index (χ3v) is 2.84. The molecule has 0 aliphatic rings. The molecule has 0 radical (unpaired) electrons. The van der Waals surface area contributed by atoms with Gasteiger partial charge in [0, 0.05) is 18.3 Å². The van der Waals surface area contributed by atoms with E-state index in [4.69, 9.17) is 4.74 Å². The number of ether oxygens (including phenoxy) is 1. The van der Waals surface area contributed by atoms with Crippen molar-refractivity contribution in [1.82, 2.24) is 9.78 Å². The Balaban J connectivity index is 2.15. The number of hydrogen-bond acceptors (Lipinski definition) is 4. The molecule has 1 aromatic carbocycles. The third kappa shape index (κ3) is 2.90. The molecule has 106 valence electrons. The molecule has 0 aliphatic carbocycles. The first kappa shape index (κ1) is 13.9. The van der Waals surface area contributed by atoms with E-state index in [9.17, 15) is 9.90 Å². The van der Waals surface area contributed by atoms with E-state index in [1.54, 1.807) is 23.1 Å². The summed E-state index contributed by atoms with van der Waals surface area (Å²) in [6.07, 6.45) is 3.31. The molecule has 0 aliphatic heterocycles. The van der Waals surface area contributed by atoms with Gasteiger partial charge in [0.05, 0.1) is 24.6 Å². The standard InChI is InChI=1S/C14H17N3O3/c1-9(2)17-8-10(7-15-17)16-14(19)12-5-4-11(20-3)6-13(12)18/h4-9,18H,1-3H3,(H,16,19). The highest BCUT2D eigenvalue weighted by atomic mass is 16.5. The van der Waals surface area contributed by atoms with Crippen molar-refractivity contribution in [3.63, 3.8) is 0 Å². The second-order valence-electron chi connectivity index (χ2n) is 4.64. The van der Waals surface area contributed by atoms with Gasteiger partial charge in [-0.25, -0.2) is 0 Å². The molecule has 0 saturated carbocycles. The molecule has 0 fully saturated rings. The summed E-state index contributed by atoms with van der Waals surface area (Å²) in [6, 6.07) is 4.74. The Hall–Kier alpha value is -2.50. The average molecular weight is 275 g/mol. The second-order valence-corrected chi connectivity index (χ2v) is 4.64. The van der Waals surface area contributed by atoms with Crippen LogP contribution in [0.25, 0.3) is 0 Å². The number of amides is 1. The van der Waals surface area contributed by atoms with E-state index >= 15 is 0 Å². The molecule has 0 bridgehead atoms. The number of aromatic nitrogens is 2. The van der Waals surface area contributed by atoms with Crippen LogP contribution in [0.4, 0.5) is 5.69 Å². The smallest absolute Gasteiger partial charge is 0.259 e. The first-order valence-electron chi connectivity index (χ1n) is 6.23. The number of rotatable bonds is 4. The highest BCUT2D eigenvalue weighted by molar-refractivity contribution is 6.06. The number of benzene rings is 1. The maximum atomic E-state index is 12.1. The van der Waals surface area contributed by atoms with Crippen molar-refractivity contribution in [3.05, 3.63) is 36.2 Å². The average Bonchev–Trinajstić information content (AvgIpc) is 2.87. The number of nitrogens with zero attached hydrogens (tertiary/aromatic N) is 2. The lowest BCUT2D eigenvalue weighted by Gasteiger charge is -2.07. The minimum absolute atomic E-state index is 0.127. The number of anilines is 1. The van der Waals surface area contributed by atoms with Crippen molar-refractivity contribution >= 4 is 11.6 Å². The molecule has 0 unspecified atom stereocenters. The lowest BCUT2D eigenvalue weighted by atomic mass is 10.2.